The van der Waals surface area contributed by atoms with Gasteiger partial charge in [0.2, 0.25) is 11.8 Å². The average Bonchev–Trinajstić information content (AvgIpc) is 3.15. The number of amides is 2. The number of rotatable bonds is 7. The first-order valence-electron chi connectivity index (χ1n) is 9.18. The van der Waals surface area contributed by atoms with Crippen molar-refractivity contribution in [3.05, 3.63) is 63.8 Å². The molecule has 0 aliphatic heterocycles. The molecule has 1 aromatic carbocycles. The average molecular weight is 426 g/mol. The van der Waals surface area contributed by atoms with Gasteiger partial charge in [-0.05, 0) is 37.3 Å². The number of hydrogen-bond acceptors (Lipinski definition) is 6. The lowest BCUT2D eigenvalue weighted by Crippen LogP contribution is -2.39. The molecule has 2 aromatic heterocycles. The molecule has 3 aromatic rings. The summed E-state index contributed by atoms with van der Waals surface area (Å²) in [7, 11) is 3.04. The maximum Gasteiger partial charge on any atom is 0.267 e. The van der Waals surface area contributed by atoms with E-state index < -0.39 is 5.91 Å². The number of nitrogens with zero attached hydrogens (tertiary/aromatic N) is 3. The second-order valence-electron chi connectivity index (χ2n) is 6.65. The fraction of sp³-hybridized carbons (Fsp3) is 0.238. The minimum Gasteiger partial charge on any atom is -0.497 e. The van der Waals surface area contributed by atoms with Gasteiger partial charge in [0.1, 0.15) is 18.0 Å². The van der Waals surface area contributed by atoms with Crippen molar-refractivity contribution in [3.8, 4) is 16.3 Å². The number of likely N-dealkylation sites (N-methyl/N-ethyl adjacent to an activating group) is 1. The van der Waals surface area contributed by atoms with Crippen molar-refractivity contribution >= 4 is 28.8 Å². The number of aryl methyl sites for hydroxylation is 1. The maximum atomic E-state index is 12.5. The van der Waals surface area contributed by atoms with Gasteiger partial charge < -0.3 is 15.0 Å². The van der Waals surface area contributed by atoms with Crippen LogP contribution in [0.25, 0.3) is 10.6 Å². The van der Waals surface area contributed by atoms with E-state index in [1.165, 1.54) is 25.1 Å². The Morgan fingerprint density at radius 1 is 1.20 bits per heavy atom. The molecule has 3 rings (SSSR count). The number of hydrogen-bond donors (Lipinski definition) is 1. The quantitative estimate of drug-likeness (QED) is 0.626. The van der Waals surface area contributed by atoms with Gasteiger partial charge in [0.25, 0.3) is 5.56 Å². The summed E-state index contributed by atoms with van der Waals surface area (Å²) < 4.78 is 6.24. The van der Waals surface area contributed by atoms with Gasteiger partial charge in [-0.3, -0.25) is 14.4 Å². The van der Waals surface area contributed by atoms with Gasteiger partial charge in [-0.2, -0.15) is 5.10 Å². The van der Waals surface area contributed by atoms with Crippen LogP contribution < -0.4 is 15.6 Å². The van der Waals surface area contributed by atoms with E-state index in [0.29, 0.717) is 17.1 Å². The van der Waals surface area contributed by atoms with Crippen LogP contribution in [0.4, 0.5) is 5.69 Å². The molecule has 0 radical (unpaired) electrons. The van der Waals surface area contributed by atoms with Gasteiger partial charge in [-0.15, -0.1) is 11.3 Å². The van der Waals surface area contributed by atoms with Crippen molar-refractivity contribution < 1.29 is 14.3 Å². The summed E-state index contributed by atoms with van der Waals surface area (Å²) in [6.45, 7) is 1.58. The highest BCUT2D eigenvalue weighted by molar-refractivity contribution is 7.15. The maximum absolute atomic E-state index is 12.5. The third-order valence-corrected chi connectivity index (χ3v) is 5.33. The highest BCUT2D eigenvalue weighted by Gasteiger charge is 2.16. The Balaban J connectivity index is 1.63. The van der Waals surface area contributed by atoms with Gasteiger partial charge in [-0.1, -0.05) is 6.07 Å². The van der Waals surface area contributed by atoms with Crippen molar-refractivity contribution in [1.29, 1.82) is 0 Å². The Kier molecular flexibility index (Phi) is 6.63. The highest BCUT2D eigenvalue weighted by atomic mass is 32.1. The molecule has 30 heavy (non-hydrogen) atoms. The first-order chi connectivity index (χ1) is 14.4. The summed E-state index contributed by atoms with van der Waals surface area (Å²) in [5.74, 6) is -0.143. The van der Waals surface area contributed by atoms with E-state index in [1.807, 2.05) is 19.1 Å². The molecular weight excluding hydrogens is 404 g/mol. The molecule has 2 heterocycles. The number of methoxy groups -OCH3 is 1. The molecule has 0 fully saturated rings. The predicted octanol–water partition coefficient (Wildman–Crippen LogP) is 2.39. The number of carbonyl (C=O) groups is 2. The van der Waals surface area contributed by atoms with E-state index in [9.17, 15) is 14.4 Å². The smallest absolute Gasteiger partial charge is 0.267 e. The van der Waals surface area contributed by atoms with Crippen LogP contribution in [-0.4, -0.2) is 47.2 Å². The van der Waals surface area contributed by atoms with E-state index in [4.69, 9.17) is 4.74 Å². The molecule has 9 heteroatoms. The summed E-state index contributed by atoms with van der Waals surface area (Å²) in [6, 6.07) is 13.8. The van der Waals surface area contributed by atoms with Crippen molar-refractivity contribution in [2.45, 2.75) is 13.5 Å². The Morgan fingerprint density at radius 3 is 2.70 bits per heavy atom. The topological polar surface area (TPSA) is 93.5 Å². The lowest BCUT2D eigenvalue weighted by molar-refractivity contribution is -0.134. The first kappa shape index (κ1) is 21.3. The van der Waals surface area contributed by atoms with Crippen molar-refractivity contribution in [3.63, 3.8) is 0 Å². The van der Waals surface area contributed by atoms with Crippen LogP contribution in [0.3, 0.4) is 0 Å². The zero-order chi connectivity index (χ0) is 21.7. The van der Waals surface area contributed by atoms with Crippen molar-refractivity contribution in [2.24, 2.45) is 0 Å². The minimum absolute atomic E-state index is 0.158. The van der Waals surface area contributed by atoms with Crippen LogP contribution in [-0.2, 0) is 16.1 Å². The van der Waals surface area contributed by atoms with E-state index in [0.717, 1.165) is 14.4 Å². The van der Waals surface area contributed by atoms with E-state index in [2.05, 4.69) is 10.4 Å². The molecule has 0 atom stereocenters. The van der Waals surface area contributed by atoms with Crippen LogP contribution in [0, 0.1) is 6.92 Å². The fourth-order valence-corrected chi connectivity index (χ4v) is 3.55. The molecule has 0 saturated heterocycles. The van der Waals surface area contributed by atoms with E-state index in [1.54, 1.807) is 41.7 Å². The number of thiophene rings is 1. The molecule has 8 nitrogen and oxygen atoms in total. The number of carbonyl (C=O) groups excluding carboxylic acids is 2. The van der Waals surface area contributed by atoms with Crippen LogP contribution in [0.2, 0.25) is 0 Å². The summed E-state index contributed by atoms with van der Waals surface area (Å²) in [5.41, 5.74) is 0.811. The molecule has 156 valence electrons. The zero-order valence-corrected chi connectivity index (χ0v) is 17.7. The summed E-state index contributed by atoms with van der Waals surface area (Å²) in [6.07, 6.45) is 0. The molecule has 2 amide bonds. The lowest BCUT2D eigenvalue weighted by atomic mass is 10.3. The second-order valence-corrected chi connectivity index (χ2v) is 7.94. The van der Waals surface area contributed by atoms with E-state index in [-0.39, 0.29) is 24.6 Å². The molecule has 0 aliphatic carbocycles. The number of aromatic nitrogens is 2. The Hall–Kier alpha value is -3.46. The predicted molar refractivity (Wildman–Crippen MR) is 116 cm³/mol. The highest BCUT2D eigenvalue weighted by Crippen LogP contribution is 2.25. The summed E-state index contributed by atoms with van der Waals surface area (Å²) in [5, 5.41) is 7.01. The van der Waals surface area contributed by atoms with Crippen LogP contribution >= 0.6 is 11.3 Å². The van der Waals surface area contributed by atoms with Crippen LogP contribution in [0.5, 0.6) is 5.75 Å². The summed E-state index contributed by atoms with van der Waals surface area (Å²) in [4.78, 5) is 40.2. The molecule has 0 bridgehead atoms. The van der Waals surface area contributed by atoms with Crippen molar-refractivity contribution in [2.75, 3.05) is 26.0 Å². The van der Waals surface area contributed by atoms with Crippen molar-refractivity contribution in [1.82, 2.24) is 14.7 Å². The largest absolute Gasteiger partial charge is 0.497 e. The lowest BCUT2D eigenvalue weighted by Gasteiger charge is -2.17. The number of anilines is 1. The second kappa shape index (κ2) is 9.36. The van der Waals surface area contributed by atoms with Crippen LogP contribution in [0.15, 0.2) is 53.3 Å². The van der Waals surface area contributed by atoms with Gasteiger partial charge in [0.05, 0.1) is 18.5 Å². The molecule has 1 N–H and O–H groups in total. The Labute approximate surface area is 177 Å². The summed E-state index contributed by atoms with van der Waals surface area (Å²) >= 11 is 1.56. The van der Waals surface area contributed by atoms with Gasteiger partial charge in [0.15, 0.2) is 0 Å². The van der Waals surface area contributed by atoms with Gasteiger partial charge in [-0.25, -0.2) is 4.68 Å². The van der Waals surface area contributed by atoms with Gasteiger partial charge >= 0.3 is 0 Å². The zero-order valence-electron chi connectivity index (χ0n) is 16.9. The SMILES string of the molecule is COc1cccc(NC(=O)CN(C)C(=O)Cn2nc(-c3ccc(C)s3)ccc2=O)c1. The standard InChI is InChI=1S/C21H22N4O4S/c1-14-7-9-18(30-14)17-8-10-20(27)25(23-17)13-21(28)24(2)12-19(26)22-15-5-4-6-16(11-15)29-3/h4-11H,12-13H2,1-3H3,(H,22,26). The Morgan fingerprint density at radius 2 is 2.00 bits per heavy atom. The monoisotopic (exact) mass is 426 g/mol. The third-order valence-electron chi connectivity index (χ3n) is 4.30. The van der Waals surface area contributed by atoms with Gasteiger partial charge in [0, 0.05) is 29.7 Å². The fourth-order valence-electron chi connectivity index (χ4n) is 2.72. The number of nitrogens with one attached hydrogen (secondary N) is 1. The molecule has 0 saturated carbocycles. The third kappa shape index (κ3) is 5.32. The minimum atomic E-state index is -0.398. The van der Waals surface area contributed by atoms with E-state index >= 15 is 0 Å². The number of benzene rings is 1. The Bertz CT molecular complexity index is 1120. The number of ether oxygens (including phenoxy) is 1. The molecular formula is C21H22N4O4S. The molecule has 0 unspecified atom stereocenters. The molecule has 0 aliphatic rings. The normalized spacial score (nSPS) is 10.5. The first-order valence-corrected chi connectivity index (χ1v) is 10.00. The van der Waals surface area contributed by atoms with Crippen LogP contribution in [0.1, 0.15) is 4.88 Å². The molecule has 0 spiro atoms.